The van der Waals surface area contributed by atoms with Gasteiger partial charge in [0.2, 0.25) is 11.9 Å². The second kappa shape index (κ2) is 6.50. The summed E-state index contributed by atoms with van der Waals surface area (Å²) in [7, 11) is 1.40. The van der Waals surface area contributed by atoms with Crippen molar-refractivity contribution in [2.75, 3.05) is 30.1 Å². The Balaban J connectivity index is 2.44. The van der Waals surface area contributed by atoms with Gasteiger partial charge in [-0.25, -0.2) is 0 Å². The molecule has 2 heterocycles. The minimum absolute atomic E-state index is 0.000887. The molecular weight excluding hydrogens is 310 g/mol. The van der Waals surface area contributed by atoms with Crippen molar-refractivity contribution in [3.63, 3.8) is 0 Å². The zero-order chi connectivity index (χ0) is 17.3. The van der Waals surface area contributed by atoms with Crippen LogP contribution in [0, 0.1) is 0 Å². The number of amides is 1. The molecule has 1 amide bonds. The van der Waals surface area contributed by atoms with Gasteiger partial charge >= 0.3 is 0 Å². The minimum Gasteiger partial charge on any atom is -0.391 e. The van der Waals surface area contributed by atoms with E-state index in [0.717, 1.165) is 4.90 Å². The maximum Gasteiger partial charge on any atom is 0.277 e. The summed E-state index contributed by atoms with van der Waals surface area (Å²) in [5, 5.41) is 20.1. The second-order valence-corrected chi connectivity index (χ2v) is 5.08. The molecule has 0 aromatic carbocycles. The van der Waals surface area contributed by atoms with Crippen molar-refractivity contribution in [3.05, 3.63) is 10.4 Å². The number of rotatable bonds is 4. The Kier molecular flexibility index (Phi) is 4.85. The molecule has 2 unspecified atom stereocenters. The van der Waals surface area contributed by atoms with E-state index in [4.69, 9.17) is 20.9 Å². The molecule has 11 heteroatoms. The average Bonchev–Trinajstić information content (AvgIpc) is 2.73. The zero-order valence-corrected chi connectivity index (χ0v) is 12.6. The lowest BCUT2D eigenvalue weighted by atomic mass is 10.1. The normalized spacial score (nSPS) is 27.1. The van der Waals surface area contributed by atoms with Crippen molar-refractivity contribution in [2.45, 2.75) is 31.5 Å². The fourth-order valence-corrected chi connectivity index (χ4v) is 2.36. The Morgan fingerprint density at radius 1 is 1.43 bits per heavy atom. The van der Waals surface area contributed by atoms with E-state index in [9.17, 15) is 19.8 Å². The molecule has 1 aromatic rings. The van der Waals surface area contributed by atoms with Gasteiger partial charge in [-0.3, -0.25) is 19.5 Å². The number of nitrogens with zero attached hydrogens (tertiary/aromatic N) is 2. The fraction of sp³-hybridized carbons (Fsp3) is 0.583. The van der Waals surface area contributed by atoms with Crippen molar-refractivity contribution in [1.82, 2.24) is 9.97 Å². The smallest absolute Gasteiger partial charge is 0.277 e. The Bertz CT molecular complexity index is 649. The third kappa shape index (κ3) is 3.12. The van der Waals surface area contributed by atoms with Gasteiger partial charge in [0.05, 0.1) is 6.61 Å². The highest BCUT2D eigenvalue weighted by atomic mass is 16.6. The van der Waals surface area contributed by atoms with Crippen LogP contribution < -0.4 is 21.9 Å². The van der Waals surface area contributed by atoms with Crippen molar-refractivity contribution >= 4 is 23.4 Å². The first-order chi connectivity index (χ1) is 10.8. The summed E-state index contributed by atoms with van der Waals surface area (Å²) in [5.41, 5.74) is 10.0. The van der Waals surface area contributed by atoms with Crippen LogP contribution in [0.1, 0.15) is 6.92 Å². The molecule has 0 aliphatic carbocycles. The lowest BCUT2D eigenvalue weighted by molar-refractivity contribution is -0.120. The van der Waals surface area contributed by atoms with Crippen LogP contribution in [0.2, 0.25) is 0 Å². The number of hydrogen-bond acceptors (Lipinski definition) is 9. The highest BCUT2D eigenvalue weighted by molar-refractivity contribution is 5.94. The van der Waals surface area contributed by atoms with Crippen LogP contribution in [0.15, 0.2) is 4.79 Å². The molecule has 0 bridgehead atoms. The van der Waals surface area contributed by atoms with E-state index in [1.165, 1.54) is 14.0 Å². The maximum absolute atomic E-state index is 12.0. The van der Waals surface area contributed by atoms with E-state index < -0.39 is 36.0 Å². The van der Waals surface area contributed by atoms with Gasteiger partial charge in [0, 0.05) is 14.0 Å². The van der Waals surface area contributed by atoms with Gasteiger partial charge < -0.3 is 31.2 Å². The van der Waals surface area contributed by atoms with E-state index in [0.29, 0.717) is 0 Å². The first-order valence-electron chi connectivity index (χ1n) is 6.73. The van der Waals surface area contributed by atoms with Gasteiger partial charge in [0.1, 0.15) is 24.0 Å². The summed E-state index contributed by atoms with van der Waals surface area (Å²) in [6.07, 6.45) is -4.89. The number of carbonyl (C=O) groups excluding carboxylic acids is 1. The SMILES string of the molecule is COC[C@H]1O[C@@H](N(C(C)=O)c2nc(N)[nH]c(=O)c2N)C(O)C1O. The summed E-state index contributed by atoms with van der Waals surface area (Å²) in [4.78, 5) is 30.6. The molecule has 128 valence electrons. The van der Waals surface area contributed by atoms with Crippen molar-refractivity contribution < 1.29 is 24.5 Å². The number of carbonyl (C=O) groups is 1. The number of ether oxygens (including phenoxy) is 2. The second-order valence-electron chi connectivity index (χ2n) is 5.08. The first kappa shape index (κ1) is 17.1. The Morgan fingerprint density at radius 3 is 2.65 bits per heavy atom. The average molecular weight is 329 g/mol. The highest BCUT2D eigenvalue weighted by Gasteiger charge is 2.47. The van der Waals surface area contributed by atoms with Gasteiger partial charge in [-0.15, -0.1) is 0 Å². The Morgan fingerprint density at radius 2 is 2.09 bits per heavy atom. The molecule has 4 atom stereocenters. The fourth-order valence-electron chi connectivity index (χ4n) is 2.36. The predicted octanol–water partition coefficient (Wildman–Crippen LogP) is -2.62. The topological polar surface area (TPSA) is 177 Å². The number of anilines is 3. The number of nitrogens with one attached hydrogen (secondary N) is 1. The molecule has 1 aliphatic rings. The van der Waals surface area contributed by atoms with Crippen LogP contribution in [0.5, 0.6) is 0 Å². The van der Waals surface area contributed by atoms with E-state index in [2.05, 4.69) is 9.97 Å². The van der Waals surface area contributed by atoms with Gasteiger partial charge in [-0.2, -0.15) is 4.98 Å². The molecular formula is C12H19N5O6. The number of nitrogen functional groups attached to an aromatic ring is 2. The summed E-state index contributed by atoms with van der Waals surface area (Å²) in [6.45, 7) is 1.17. The molecule has 1 aromatic heterocycles. The van der Waals surface area contributed by atoms with Gasteiger partial charge in [0.15, 0.2) is 12.0 Å². The van der Waals surface area contributed by atoms with E-state index in [1.807, 2.05) is 0 Å². The van der Waals surface area contributed by atoms with Crippen molar-refractivity contribution in [2.24, 2.45) is 0 Å². The zero-order valence-electron chi connectivity index (χ0n) is 12.6. The van der Waals surface area contributed by atoms with Crippen molar-refractivity contribution in [3.8, 4) is 0 Å². The number of aromatic nitrogens is 2. The van der Waals surface area contributed by atoms with Crippen LogP contribution in [0.25, 0.3) is 0 Å². The number of aliphatic hydroxyl groups is 2. The monoisotopic (exact) mass is 329 g/mol. The van der Waals surface area contributed by atoms with Gasteiger partial charge in [-0.1, -0.05) is 0 Å². The molecule has 23 heavy (non-hydrogen) atoms. The summed E-state index contributed by atoms with van der Waals surface area (Å²) < 4.78 is 10.4. The molecule has 1 aliphatic heterocycles. The van der Waals surface area contributed by atoms with Crippen LogP contribution in [0.4, 0.5) is 17.5 Å². The first-order valence-corrected chi connectivity index (χ1v) is 6.73. The number of methoxy groups -OCH3 is 1. The summed E-state index contributed by atoms with van der Waals surface area (Å²) >= 11 is 0. The number of aromatic amines is 1. The highest BCUT2D eigenvalue weighted by Crippen LogP contribution is 2.29. The molecule has 1 fully saturated rings. The van der Waals surface area contributed by atoms with Crippen molar-refractivity contribution in [1.29, 1.82) is 0 Å². The van der Waals surface area contributed by atoms with E-state index in [-0.39, 0.29) is 24.1 Å². The molecule has 1 saturated heterocycles. The maximum atomic E-state index is 12.0. The molecule has 0 spiro atoms. The molecule has 0 radical (unpaired) electrons. The molecule has 11 nitrogen and oxygen atoms in total. The summed E-state index contributed by atoms with van der Waals surface area (Å²) in [6, 6.07) is 0. The van der Waals surface area contributed by atoms with Crippen LogP contribution in [0.3, 0.4) is 0 Å². The molecule has 2 rings (SSSR count). The lowest BCUT2D eigenvalue weighted by Gasteiger charge is -2.29. The third-order valence-electron chi connectivity index (χ3n) is 3.44. The molecule has 0 saturated carbocycles. The van der Waals surface area contributed by atoms with Gasteiger partial charge in [-0.05, 0) is 0 Å². The van der Waals surface area contributed by atoms with E-state index >= 15 is 0 Å². The van der Waals surface area contributed by atoms with Crippen LogP contribution >= 0.6 is 0 Å². The van der Waals surface area contributed by atoms with Crippen LogP contribution in [-0.2, 0) is 14.3 Å². The number of H-pyrrole nitrogens is 1. The largest absolute Gasteiger partial charge is 0.391 e. The number of nitrogens with two attached hydrogens (primary N) is 2. The lowest BCUT2D eigenvalue weighted by Crippen LogP contribution is -2.48. The number of hydrogen-bond donors (Lipinski definition) is 5. The summed E-state index contributed by atoms with van der Waals surface area (Å²) in [5.74, 6) is -1.12. The number of aliphatic hydroxyl groups excluding tert-OH is 2. The van der Waals surface area contributed by atoms with Crippen LogP contribution in [-0.4, -0.2) is 64.3 Å². The Hall–Kier alpha value is -2.21. The molecule has 7 N–H and O–H groups in total. The predicted molar refractivity (Wildman–Crippen MR) is 79.4 cm³/mol. The minimum atomic E-state index is -1.44. The van der Waals surface area contributed by atoms with Gasteiger partial charge in [0.25, 0.3) is 5.56 Å². The third-order valence-corrected chi connectivity index (χ3v) is 3.44. The van der Waals surface area contributed by atoms with E-state index in [1.54, 1.807) is 0 Å². The standard InChI is InChI=1S/C12H19N5O6/c1-4(18)17(9-6(13)10(21)16-12(14)15-9)11-8(20)7(19)5(23-11)3-22-2/h5,7-8,11,19-20H,3,13H2,1-2H3,(H3,14,15,16,21)/t5-,7?,8?,11-/m1/s1. The quantitative estimate of drug-likeness (QED) is 0.395. The Labute approximate surface area is 130 Å².